The van der Waals surface area contributed by atoms with E-state index in [4.69, 9.17) is 11.6 Å². The molecule has 4 heteroatoms. The van der Waals surface area contributed by atoms with Crippen LogP contribution in [0.3, 0.4) is 0 Å². The number of Topliss-reactive ketones (excluding diaryl/α,β-unsaturated/α-hetero) is 1. The van der Waals surface area contributed by atoms with E-state index < -0.39 is 0 Å². The van der Waals surface area contributed by atoms with Crippen molar-refractivity contribution in [3.8, 4) is 0 Å². The number of nitrogens with zero attached hydrogens (tertiary/aromatic N) is 2. The fraction of sp³-hybridized carbons (Fsp3) is 0.636. The monoisotopic (exact) mass is 226 g/mol. The number of halogens is 1. The lowest BCUT2D eigenvalue weighted by atomic mass is 10.0. The summed E-state index contributed by atoms with van der Waals surface area (Å²) in [7, 11) is 0. The molecule has 3 nitrogen and oxygen atoms in total. The smallest absolute Gasteiger partial charge is 0.157 e. The second-order valence-corrected chi connectivity index (χ2v) is 4.59. The zero-order chi connectivity index (χ0) is 10.8. The Balaban J connectivity index is 2.02. The molecule has 1 heterocycles. The van der Waals surface area contributed by atoms with Gasteiger partial charge in [-0.25, -0.2) is 0 Å². The highest BCUT2D eigenvalue weighted by atomic mass is 35.5. The quantitative estimate of drug-likeness (QED) is 0.794. The van der Waals surface area contributed by atoms with Crippen molar-refractivity contribution in [1.29, 1.82) is 0 Å². The van der Waals surface area contributed by atoms with Crippen LogP contribution in [-0.4, -0.2) is 15.6 Å². The summed E-state index contributed by atoms with van der Waals surface area (Å²) < 4.78 is 1.70. The second kappa shape index (κ2) is 4.35. The lowest BCUT2D eigenvalue weighted by Crippen LogP contribution is -2.19. The van der Waals surface area contributed by atoms with Gasteiger partial charge in [-0.2, -0.15) is 5.10 Å². The van der Waals surface area contributed by atoms with Gasteiger partial charge < -0.3 is 0 Å². The molecule has 1 fully saturated rings. The average molecular weight is 227 g/mol. The fourth-order valence-electron chi connectivity index (χ4n) is 2.11. The first-order valence-corrected chi connectivity index (χ1v) is 5.77. The third-order valence-corrected chi connectivity index (χ3v) is 3.53. The molecule has 0 aromatic carbocycles. The van der Waals surface area contributed by atoms with E-state index in [0.29, 0.717) is 17.4 Å². The highest BCUT2D eigenvalue weighted by Gasteiger charge is 2.23. The van der Waals surface area contributed by atoms with Crippen molar-refractivity contribution in [3.05, 3.63) is 16.9 Å². The molecule has 0 saturated heterocycles. The van der Waals surface area contributed by atoms with E-state index in [-0.39, 0.29) is 5.92 Å². The first kappa shape index (κ1) is 10.7. The standard InChI is InChI=1S/C11H15ClN2O/c1-8-10(12)6-13-14(8)7-11(15)9-4-2-3-5-9/h6,9H,2-5,7H2,1H3. The van der Waals surface area contributed by atoms with Crippen LogP contribution >= 0.6 is 11.6 Å². The van der Waals surface area contributed by atoms with Crippen LogP contribution in [0.25, 0.3) is 0 Å². The summed E-state index contributed by atoms with van der Waals surface area (Å²) in [5, 5.41) is 4.72. The first-order valence-electron chi connectivity index (χ1n) is 5.39. The highest BCUT2D eigenvalue weighted by Crippen LogP contribution is 2.26. The Morgan fingerprint density at radius 2 is 2.27 bits per heavy atom. The molecule has 0 aliphatic heterocycles. The van der Waals surface area contributed by atoms with Crippen LogP contribution in [-0.2, 0) is 11.3 Å². The molecule has 2 rings (SSSR count). The van der Waals surface area contributed by atoms with Crippen molar-refractivity contribution in [2.24, 2.45) is 5.92 Å². The van der Waals surface area contributed by atoms with Crippen LogP contribution in [0.2, 0.25) is 5.02 Å². The number of hydrogen-bond acceptors (Lipinski definition) is 2. The van der Waals surface area contributed by atoms with Crippen LogP contribution in [0.1, 0.15) is 31.4 Å². The van der Waals surface area contributed by atoms with Crippen LogP contribution in [0.4, 0.5) is 0 Å². The topological polar surface area (TPSA) is 34.9 Å². The van der Waals surface area contributed by atoms with Gasteiger partial charge in [0.1, 0.15) is 6.54 Å². The molecule has 0 bridgehead atoms. The minimum atomic E-state index is 0.257. The Morgan fingerprint density at radius 1 is 1.60 bits per heavy atom. The van der Waals surface area contributed by atoms with Crippen LogP contribution in [0.15, 0.2) is 6.20 Å². The molecule has 1 aromatic heterocycles. The summed E-state index contributed by atoms with van der Waals surface area (Å²) in [5.74, 6) is 0.558. The van der Waals surface area contributed by atoms with E-state index >= 15 is 0 Å². The van der Waals surface area contributed by atoms with Crippen LogP contribution < -0.4 is 0 Å². The van der Waals surface area contributed by atoms with E-state index in [1.54, 1.807) is 10.9 Å². The third-order valence-electron chi connectivity index (χ3n) is 3.16. The number of ketones is 1. The lowest BCUT2D eigenvalue weighted by Gasteiger charge is -2.08. The third kappa shape index (κ3) is 2.23. The van der Waals surface area contributed by atoms with Crippen molar-refractivity contribution in [1.82, 2.24) is 9.78 Å². The summed E-state index contributed by atoms with van der Waals surface area (Å²) in [5.41, 5.74) is 0.878. The van der Waals surface area contributed by atoms with Gasteiger partial charge in [0.25, 0.3) is 0 Å². The normalized spacial score (nSPS) is 17.2. The second-order valence-electron chi connectivity index (χ2n) is 4.18. The van der Waals surface area contributed by atoms with E-state index in [1.165, 1.54) is 12.8 Å². The predicted molar refractivity (Wildman–Crippen MR) is 58.9 cm³/mol. The van der Waals surface area contributed by atoms with E-state index in [1.807, 2.05) is 6.92 Å². The molecule has 0 N–H and O–H groups in total. The van der Waals surface area contributed by atoms with Crippen molar-refractivity contribution < 1.29 is 4.79 Å². The molecule has 0 radical (unpaired) electrons. The van der Waals surface area contributed by atoms with Gasteiger partial charge in [-0.1, -0.05) is 24.4 Å². The largest absolute Gasteiger partial charge is 0.297 e. The van der Waals surface area contributed by atoms with E-state index in [0.717, 1.165) is 18.5 Å². The summed E-state index contributed by atoms with van der Waals surface area (Å²) in [6.45, 7) is 2.26. The Labute approximate surface area is 94.4 Å². The van der Waals surface area contributed by atoms with Crippen molar-refractivity contribution in [3.63, 3.8) is 0 Å². The van der Waals surface area contributed by atoms with Gasteiger partial charge in [-0.3, -0.25) is 9.48 Å². The van der Waals surface area contributed by atoms with Gasteiger partial charge in [0.05, 0.1) is 16.9 Å². The Hall–Kier alpha value is -0.830. The predicted octanol–water partition coefficient (Wildman–Crippen LogP) is 2.60. The molecule has 82 valence electrons. The van der Waals surface area contributed by atoms with E-state index in [2.05, 4.69) is 5.10 Å². The maximum absolute atomic E-state index is 11.9. The molecule has 1 aliphatic carbocycles. The maximum atomic E-state index is 11.9. The number of hydrogen-bond donors (Lipinski definition) is 0. The zero-order valence-electron chi connectivity index (χ0n) is 8.87. The molecule has 0 atom stereocenters. The Morgan fingerprint density at radius 3 is 2.80 bits per heavy atom. The highest BCUT2D eigenvalue weighted by molar-refractivity contribution is 6.31. The molecule has 1 aromatic rings. The van der Waals surface area contributed by atoms with Crippen molar-refractivity contribution in [2.45, 2.75) is 39.2 Å². The van der Waals surface area contributed by atoms with Crippen molar-refractivity contribution in [2.75, 3.05) is 0 Å². The summed E-state index contributed by atoms with van der Waals surface area (Å²) in [6, 6.07) is 0. The minimum Gasteiger partial charge on any atom is -0.297 e. The molecule has 0 spiro atoms. The minimum absolute atomic E-state index is 0.257. The molecule has 1 aliphatic rings. The van der Waals surface area contributed by atoms with Gasteiger partial charge in [-0.15, -0.1) is 0 Å². The molecule has 1 saturated carbocycles. The molecule has 15 heavy (non-hydrogen) atoms. The summed E-state index contributed by atoms with van der Waals surface area (Å²) >= 11 is 5.88. The van der Waals surface area contributed by atoms with Crippen LogP contribution in [0, 0.1) is 12.8 Å². The SMILES string of the molecule is Cc1c(Cl)cnn1CC(=O)C1CCCC1. The van der Waals surface area contributed by atoms with Gasteiger partial charge >= 0.3 is 0 Å². The number of carbonyl (C=O) groups is 1. The number of aromatic nitrogens is 2. The summed E-state index contributed by atoms with van der Waals surface area (Å²) in [4.78, 5) is 11.9. The van der Waals surface area contributed by atoms with Gasteiger partial charge in [0.15, 0.2) is 5.78 Å². The van der Waals surface area contributed by atoms with Gasteiger partial charge in [0.2, 0.25) is 0 Å². The number of carbonyl (C=O) groups excluding carboxylic acids is 1. The molecular formula is C11H15ClN2O. The molecular weight excluding hydrogens is 212 g/mol. The Kier molecular flexibility index (Phi) is 3.10. The van der Waals surface area contributed by atoms with Gasteiger partial charge in [0, 0.05) is 5.92 Å². The Bertz CT molecular complexity index is 367. The van der Waals surface area contributed by atoms with Gasteiger partial charge in [-0.05, 0) is 19.8 Å². The molecule has 0 amide bonds. The first-order chi connectivity index (χ1) is 7.18. The fourth-order valence-corrected chi connectivity index (χ4v) is 2.25. The van der Waals surface area contributed by atoms with E-state index in [9.17, 15) is 4.79 Å². The maximum Gasteiger partial charge on any atom is 0.157 e. The zero-order valence-corrected chi connectivity index (χ0v) is 9.63. The van der Waals surface area contributed by atoms with Crippen molar-refractivity contribution >= 4 is 17.4 Å². The van der Waals surface area contributed by atoms with Crippen LogP contribution in [0.5, 0.6) is 0 Å². The molecule has 0 unspecified atom stereocenters. The number of rotatable bonds is 3. The average Bonchev–Trinajstić information content (AvgIpc) is 2.83. The summed E-state index contributed by atoms with van der Waals surface area (Å²) in [6.07, 6.45) is 6.07. The lowest BCUT2D eigenvalue weighted by molar-refractivity contribution is -0.123.